The molecule has 0 aliphatic carbocycles. The van der Waals surface area contributed by atoms with Gasteiger partial charge in [-0.3, -0.25) is 43.8 Å². The van der Waals surface area contributed by atoms with Gasteiger partial charge in [-0.1, -0.05) is 32.6 Å². The molecule has 69 heavy (non-hydrogen) atoms. The number of imide groups is 1. The molecule has 2 aliphatic heterocycles. The lowest BCUT2D eigenvalue weighted by Gasteiger charge is -2.40. The number of rotatable bonds is 35. The predicted octanol–water partition coefficient (Wildman–Crippen LogP) is -5.42. The highest BCUT2D eigenvalue weighted by molar-refractivity contribution is 5.97. The number of amides is 7. The first-order valence-electron chi connectivity index (χ1n) is 24.3. The molecule has 25 heteroatoms. The fourth-order valence-corrected chi connectivity index (χ4v) is 7.70. The van der Waals surface area contributed by atoms with Crippen LogP contribution in [0.25, 0.3) is 0 Å². The summed E-state index contributed by atoms with van der Waals surface area (Å²) < 4.78 is 10.3. The van der Waals surface area contributed by atoms with Crippen molar-refractivity contribution in [2.45, 2.75) is 164 Å². The van der Waals surface area contributed by atoms with Gasteiger partial charge in [-0.15, -0.1) is 0 Å². The first-order chi connectivity index (χ1) is 33.0. The lowest BCUT2D eigenvalue weighted by molar-refractivity contribution is -0.253. The summed E-state index contributed by atoms with van der Waals surface area (Å²) >= 11 is 0. The Labute approximate surface area is 403 Å². The molecule has 7 amide bonds. The van der Waals surface area contributed by atoms with Gasteiger partial charge in [0.2, 0.25) is 41.4 Å². The molecule has 16 N–H and O–H groups in total. The second-order valence-corrected chi connectivity index (χ2v) is 17.5. The smallest absolute Gasteiger partial charge is 0.243 e. The molecule has 0 aromatic rings. The van der Waals surface area contributed by atoms with Gasteiger partial charge < -0.3 is 82.9 Å². The Morgan fingerprint density at radius 3 is 1.58 bits per heavy atom. The number of nitrogens with one attached hydrogen (secondary N) is 7. The first-order valence-corrected chi connectivity index (χ1v) is 24.3. The highest BCUT2D eigenvalue weighted by atomic mass is 16.6. The van der Waals surface area contributed by atoms with Crippen LogP contribution in [0, 0.1) is 0 Å². The van der Waals surface area contributed by atoms with E-state index in [1.165, 1.54) is 4.90 Å². The van der Waals surface area contributed by atoms with Crippen molar-refractivity contribution >= 4 is 41.4 Å². The van der Waals surface area contributed by atoms with Crippen molar-refractivity contribution < 1.29 is 78.8 Å². The standard InChI is InChI=1S/C44H81N9O16/c1-2-46-28(14-9-10-18-45)43(66)52-34(58)17-8-5-13-21-49-37(61)24-53(22-35(59)47-19-11-3-6-15-32(56)50-29-27-68-30(25-54)40(63)39(29)62)23-36(60)48-20-12-4-7-16-33(57)51-38-42(65)41(64)31(26-55)69-44(38)67/h28-31,38-42,44,46,54-55,62-65,67H,2-27,45H2,1H3,(H,47,59)(H,48,60)(H,49,61)(H,50,56)(H,51,57)(H,52,58,66)/t28-,29-,30+,31+,38?,39+,40+,41+,42+,44?/m0/s1. The third-order valence-corrected chi connectivity index (χ3v) is 11.7. The number of aliphatic hydroxyl groups is 7. The Balaban J connectivity index is 1.78. The molecule has 2 unspecified atom stereocenters. The van der Waals surface area contributed by atoms with Crippen LogP contribution in [0.3, 0.4) is 0 Å². The maximum Gasteiger partial charge on any atom is 0.243 e. The average molecular weight is 992 g/mol. The molecule has 0 bridgehead atoms. The Morgan fingerprint density at radius 1 is 0.594 bits per heavy atom. The molecule has 25 nitrogen and oxygen atoms in total. The van der Waals surface area contributed by atoms with Crippen LogP contribution in [-0.2, 0) is 43.0 Å². The normalized spacial score (nSPS) is 23.9. The summed E-state index contributed by atoms with van der Waals surface area (Å²) in [5.41, 5.74) is 5.55. The molecule has 398 valence electrons. The number of carbonyl (C=O) groups excluding carboxylic acids is 7. The Morgan fingerprint density at radius 2 is 1.09 bits per heavy atom. The lowest BCUT2D eigenvalue weighted by Crippen LogP contribution is -2.64. The maximum absolute atomic E-state index is 13.0. The number of likely N-dealkylation sites (N-methyl/N-ethyl adjacent to an activating group) is 1. The predicted molar refractivity (Wildman–Crippen MR) is 247 cm³/mol. The van der Waals surface area contributed by atoms with Gasteiger partial charge in [0.25, 0.3) is 0 Å². The molecule has 2 fully saturated rings. The van der Waals surface area contributed by atoms with Gasteiger partial charge in [0.1, 0.15) is 42.7 Å². The molecule has 0 aromatic carbocycles. The van der Waals surface area contributed by atoms with Crippen molar-refractivity contribution in [3.8, 4) is 0 Å². The van der Waals surface area contributed by atoms with Crippen LogP contribution in [0.1, 0.15) is 103 Å². The topological polar surface area (TPSA) is 393 Å². The quantitative estimate of drug-likeness (QED) is 0.0264. The number of unbranched alkanes of at least 4 members (excludes halogenated alkanes) is 7. The fraction of sp³-hybridized carbons (Fsp3) is 0.841. The summed E-state index contributed by atoms with van der Waals surface area (Å²) in [4.78, 5) is 90.1. The minimum Gasteiger partial charge on any atom is -0.394 e. The van der Waals surface area contributed by atoms with Crippen LogP contribution in [0.2, 0.25) is 0 Å². The summed E-state index contributed by atoms with van der Waals surface area (Å²) in [6, 6.07) is -2.60. The Hall–Kier alpha value is -3.99. The van der Waals surface area contributed by atoms with Gasteiger partial charge in [0.05, 0.1) is 51.5 Å². The molecule has 0 saturated carbocycles. The molecule has 0 aromatic heterocycles. The van der Waals surface area contributed by atoms with E-state index in [-0.39, 0.29) is 82.9 Å². The molecule has 0 radical (unpaired) electrons. The van der Waals surface area contributed by atoms with E-state index in [1.54, 1.807) is 0 Å². The van der Waals surface area contributed by atoms with Crippen LogP contribution in [0.5, 0.6) is 0 Å². The lowest BCUT2D eigenvalue weighted by atomic mass is 9.97. The van der Waals surface area contributed by atoms with Crippen molar-refractivity contribution in [2.24, 2.45) is 5.73 Å². The largest absolute Gasteiger partial charge is 0.394 e. The number of carbonyl (C=O) groups is 7. The summed E-state index contributed by atoms with van der Waals surface area (Å²) in [5, 5.41) is 88.0. The van der Waals surface area contributed by atoms with Crippen molar-refractivity contribution in [2.75, 3.05) is 72.2 Å². The first kappa shape index (κ1) is 61.1. The molecule has 0 spiro atoms. The molecule has 2 heterocycles. The average Bonchev–Trinajstić information content (AvgIpc) is 3.31. The highest BCUT2D eigenvalue weighted by Gasteiger charge is 2.44. The van der Waals surface area contributed by atoms with E-state index in [1.807, 2.05) is 6.92 Å². The molecule has 10 atom stereocenters. The van der Waals surface area contributed by atoms with Crippen molar-refractivity contribution in [1.82, 2.24) is 42.1 Å². The zero-order valence-electron chi connectivity index (χ0n) is 40.0. The van der Waals surface area contributed by atoms with Crippen molar-refractivity contribution in [3.05, 3.63) is 0 Å². The maximum atomic E-state index is 13.0. The molecule has 2 aliphatic rings. The van der Waals surface area contributed by atoms with Gasteiger partial charge in [0, 0.05) is 38.9 Å². The Kier molecular flexibility index (Phi) is 31.2. The third-order valence-electron chi connectivity index (χ3n) is 11.7. The number of hydrogen-bond donors (Lipinski definition) is 15. The van der Waals surface area contributed by atoms with Crippen LogP contribution in [0.15, 0.2) is 0 Å². The van der Waals surface area contributed by atoms with Gasteiger partial charge in [0.15, 0.2) is 6.29 Å². The summed E-state index contributed by atoms with van der Waals surface area (Å²) in [6.45, 7) is 1.71. The number of aliphatic hydroxyl groups excluding tert-OH is 7. The zero-order chi connectivity index (χ0) is 51.1. The summed E-state index contributed by atoms with van der Waals surface area (Å²) in [6.07, 6.45) is -2.56. The monoisotopic (exact) mass is 992 g/mol. The number of ether oxygens (including phenoxy) is 2. The van der Waals surface area contributed by atoms with E-state index in [9.17, 15) is 69.3 Å². The van der Waals surface area contributed by atoms with Crippen LogP contribution in [0.4, 0.5) is 0 Å². The summed E-state index contributed by atoms with van der Waals surface area (Å²) in [7, 11) is 0. The molecule has 2 rings (SSSR count). The van der Waals surface area contributed by atoms with E-state index >= 15 is 0 Å². The van der Waals surface area contributed by atoms with Crippen LogP contribution < -0.4 is 43.0 Å². The fourth-order valence-electron chi connectivity index (χ4n) is 7.70. The van der Waals surface area contributed by atoms with Crippen molar-refractivity contribution in [3.63, 3.8) is 0 Å². The molecule has 2 saturated heterocycles. The van der Waals surface area contributed by atoms with Gasteiger partial charge in [-0.25, -0.2) is 0 Å². The molecular formula is C44H81N9O16. The number of nitrogens with two attached hydrogens (primary N) is 1. The number of hydrogen-bond acceptors (Lipinski definition) is 19. The number of nitrogens with zero attached hydrogens (tertiary/aromatic N) is 1. The summed E-state index contributed by atoms with van der Waals surface area (Å²) in [5.74, 6) is -2.95. The van der Waals surface area contributed by atoms with Crippen LogP contribution in [-0.4, -0.2) is 215 Å². The highest BCUT2D eigenvalue weighted by Crippen LogP contribution is 2.20. The van der Waals surface area contributed by atoms with Gasteiger partial charge >= 0.3 is 0 Å². The van der Waals surface area contributed by atoms with E-state index in [4.69, 9.17) is 15.2 Å². The van der Waals surface area contributed by atoms with Gasteiger partial charge in [-0.2, -0.15) is 0 Å². The van der Waals surface area contributed by atoms with E-state index in [0.717, 1.165) is 12.8 Å². The van der Waals surface area contributed by atoms with E-state index in [0.29, 0.717) is 77.3 Å². The molecular weight excluding hydrogens is 911 g/mol. The van der Waals surface area contributed by atoms with Gasteiger partial charge in [-0.05, 0) is 64.5 Å². The minimum atomic E-state index is -1.63. The third kappa shape index (κ3) is 24.6. The van der Waals surface area contributed by atoms with Crippen LogP contribution >= 0.6 is 0 Å². The minimum absolute atomic E-state index is 0.0148. The van der Waals surface area contributed by atoms with E-state index in [2.05, 4.69) is 37.2 Å². The SMILES string of the molecule is CCN[C@@H](CCCCN)C(=O)NC(=O)CCCCCNC(=O)CN(CC(=O)NCCCCCC(=O)NC1C(O)O[C@H](CO)[C@@H](O)[C@@H]1O)CC(=O)NCCCCCC(=O)N[C@H]1CO[C@H](CO)[C@@H](O)[C@@H]1O. The van der Waals surface area contributed by atoms with E-state index < -0.39 is 97.9 Å². The second kappa shape index (κ2) is 35.2. The van der Waals surface area contributed by atoms with Crippen molar-refractivity contribution in [1.29, 1.82) is 0 Å². The zero-order valence-corrected chi connectivity index (χ0v) is 40.0. The Bertz CT molecular complexity index is 1550. The second-order valence-electron chi connectivity index (χ2n) is 17.5.